The van der Waals surface area contributed by atoms with E-state index in [0.717, 1.165) is 25.7 Å². The number of methoxy groups -OCH3 is 1. The zero-order chi connectivity index (χ0) is 22.0. The summed E-state index contributed by atoms with van der Waals surface area (Å²) in [7, 11) is 1.75. The molecular formula is C25H39N3O3. The van der Waals surface area contributed by atoms with Crippen LogP contribution in [0.2, 0.25) is 0 Å². The van der Waals surface area contributed by atoms with Gasteiger partial charge in [0.25, 0.3) is 0 Å². The number of rotatable bonds is 4. The lowest BCUT2D eigenvalue weighted by Gasteiger charge is -2.63. The van der Waals surface area contributed by atoms with Crippen LogP contribution in [-0.2, 0) is 16.1 Å². The van der Waals surface area contributed by atoms with Crippen molar-refractivity contribution in [1.82, 2.24) is 15.0 Å². The van der Waals surface area contributed by atoms with Gasteiger partial charge in [0.15, 0.2) is 5.78 Å². The fraction of sp³-hybridized carbons (Fsp3) is 0.880. The molecule has 0 bridgehead atoms. The average molecular weight is 430 g/mol. The first-order valence-corrected chi connectivity index (χ1v) is 12.3. The molecule has 172 valence electrons. The van der Waals surface area contributed by atoms with Crippen LogP contribution in [0.1, 0.15) is 72.1 Å². The number of nitrogens with zero attached hydrogens (tertiary/aromatic N) is 3. The van der Waals surface area contributed by atoms with E-state index in [4.69, 9.17) is 4.74 Å². The van der Waals surface area contributed by atoms with Gasteiger partial charge >= 0.3 is 0 Å². The monoisotopic (exact) mass is 429 g/mol. The standard InChI is InChI=1S/C25H39N3O3/c1-23-10-9-19-17(6-5-16-13-25(3,30)22(31-4)14-24(16,19)2)18(23)7-8-20(23)21(29)15-28-26-11-12-27-28/h11-12,16-20,22,30H,5-10,13-15H2,1-4H3/t16-,17-,18-,19-,20+,22-,23-,24-,25+/m0/s1. The van der Waals surface area contributed by atoms with Crippen molar-refractivity contribution in [1.29, 1.82) is 0 Å². The summed E-state index contributed by atoms with van der Waals surface area (Å²) >= 11 is 0. The van der Waals surface area contributed by atoms with Gasteiger partial charge in [-0.05, 0) is 92.8 Å². The Hall–Kier alpha value is -1.27. The van der Waals surface area contributed by atoms with Gasteiger partial charge in [0.2, 0.25) is 0 Å². The second kappa shape index (κ2) is 7.38. The second-order valence-electron chi connectivity index (χ2n) is 11.8. The number of carbonyl (C=O) groups is 1. The van der Waals surface area contributed by atoms with E-state index in [-0.39, 0.29) is 22.9 Å². The van der Waals surface area contributed by atoms with Crippen LogP contribution >= 0.6 is 0 Å². The SMILES string of the molecule is CO[C@H]1C[C@@]2(C)[C@@H](CC[C@@H]3[C@@H]2CC[C@]2(C)[C@@H](C(=O)Cn4nccn4)CC[C@@H]32)C[C@@]1(C)O. The van der Waals surface area contributed by atoms with Crippen molar-refractivity contribution in [3.05, 3.63) is 12.4 Å². The topological polar surface area (TPSA) is 77.2 Å². The van der Waals surface area contributed by atoms with Crippen LogP contribution in [0.4, 0.5) is 0 Å². The summed E-state index contributed by atoms with van der Waals surface area (Å²) in [6.45, 7) is 7.16. The lowest BCUT2D eigenvalue weighted by molar-refractivity contribution is -0.198. The summed E-state index contributed by atoms with van der Waals surface area (Å²) < 4.78 is 5.80. The van der Waals surface area contributed by atoms with Crippen molar-refractivity contribution in [3.63, 3.8) is 0 Å². The molecule has 31 heavy (non-hydrogen) atoms. The minimum Gasteiger partial charge on any atom is -0.387 e. The van der Waals surface area contributed by atoms with E-state index in [2.05, 4.69) is 24.0 Å². The smallest absolute Gasteiger partial charge is 0.159 e. The van der Waals surface area contributed by atoms with E-state index in [1.165, 1.54) is 30.5 Å². The van der Waals surface area contributed by atoms with E-state index < -0.39 is 5.60 Å². The van der Waals surface area contributed by atoms with E-state index in [1.807, 2.05) is 6.92 Å². The zero-order valence-corrected chi connectivity index (χ0v) is 19.6. The maximum Gasteiger partial charge on any atom is 0.159 e. The van der Waals surface area contributed by atoms with Crippen molar-refractivity contribution in [2.45, 2.75) is 90.4 Å². The summed E-state index contributed by atoms with van der Waals surface area (Å²) in [6.07, 6.45) is 12.0. The van der Waals surface area contributed by atoms with Crippen LogP contribution in [0.15, 0.2) is 12.4 Å². The molecule has 9 atom stereocenters. The van der Waals surface area contributed by atoms with Crippen molar-refractivity contribution in [2.24, 2.45) is 40.4 Å². The fourth-order valence-corrected chi connectivity index (χ4v) is 8.88. The predicted molar refractivity (Wildman–Crippen MR) is 117 cm³/mol. The number of fused-ring (bicyclic) bond motifs is 5. The number of ketones is 1. The first-order valence-electron chi connectivity index (χ1n) is 12.3. The number of hydrogen-bond donors (Lipinski definition) is 1. The first-order chi connectivity index (χ1) is 14.7. The average Bonchev–Trinajstić information content (AvgIpc) is 3.34. The first kappa shape index (κ1) is 21.6. The van der Waals surface area contributed by atoms with E-state index in [9.17, 15) is 9.90 Å². The van der Waals surface area contributed by atoms with Gasteiger partial charge in [-0.3, -0.25) is 4.79 Å². The number of Topliss-reactive ketones (excluding diaryl/α,β-unsaturated/α-hetero) is 1. The van der Waals surface area contributed by atoms with Gasteiger partial charge in [0.05, 0.1) is 24.1 Å². The molecule has 5 rings (SSSR count). The van der Waals surface area contributed by atoms with Gasteiger partial charge in [-0.1, -0.05) is 13.8 Å². The van der Waals surface area contributed by atoms with Crippen molar-refractivity contribution in [2.75, 3.05) is 7.11 Å². The van der Waals surface area contributed by atoms with Gasteiger partial charge in [0, 0.05) is 13.0 Å². The molecule has 0 aliphatic heterocycles. The van der Waals surface area contributed by atoms with Gasteiger partial charge in [-0.2, -0.15) is 15.0 Å². The highest BCUT2D eigenvalue weighted by Gasteiger charge is 2.63. The van der Waals surface area contributed by atoms with Gasteiger partial charge < -0.3 is 9.84 Å². The summed E-state index contributed by atoms with van der Waals surface area (Å²) in [5, 5.41) is 19.3. The number of aromatic nitrogens is 3. The summed E-state index contributed by atoms with van der Waals surface area (Å²) in [4.78, 5) is 14.8. The molecule has 0 radical (unpaired) electrons. The Morgan fingerprint density at radius 2 is 1.74 bits per heavy atom. The maximum absolute atomic E-state index is 13.2. The van der Waals surface area contributed by atoms with Crippen molar-refractivity contribution >= 4 is 5.78 Å². The molecule has 4 saturated carbocycles. The molecule has 4 fully saturated rings. The Morgan fingerprint density at radius 3 is 2.45 bits per heavy atom. The Labute approximate surface area is 186 Å². The molecular weight excluding hydrogens is 390 g/mol. The quantitative estimate of drug-likeness (QED) is 0.786. The van der Waals surface area contributed by atoms with Crippen LogP contribution in [0, 0.1) is 40.4 Å². The summed E-state index contributed by atoms with van der Waals surface area (Å²) in [5.74, 6) is 3.03. The molecule has 4 aliphatic rings. The molecule has 0 amide bonds. The van der Waals surface area contributed by atoms with E-state index >= 15 is 0 Å². The van der Waals surface area contributed by atoms with Gasteiger partial charge in [-0.25, -0.2) is 0 Å². The Balaban J connectivity index is 1.37. The molecule has 1 aromatic heterocycles. The lowest BCUT2D eigenvalue weighted by Crippen LogP contribution is -2.60. The normalized spacial score (nSPS) is 49.2. The van der Waals surface area contributed by atoms with Crippen molar-refractivity contribution in [3.8, 4) is 0 Å². The van der Waals surface area contributed by atoms with Crippen molar-refractivity contribution < 1.29 is 14.6 Å². The zero-order valence-electron chi connectivity index (χ0n) is 19.6. The van der Waals surface area contributed by atoms with E-state index in [1.54, 1.807) is 19.5 Å². The Morgan fingerprint density at radius 1 is 1.03 bits per heavy atom. The number of ether oxygens (including phenoxy) is 1. The van der Waals surface area contributed by atoms with Gasteiger partial charge in [-0.15, -0.1) is 0 Å². The third-order valence-electron chi connectivity index (χ3n) is 10.5. The highest BCUT2D eigenvalue weighted by atomic mass is 16.5. The molecule has 6 heteroatoms. The van der Waals surface area contributed by atoms with Gasteiger partial charge in [0.1, 0.15) is 6.54 Å². The maximum atomic E-state index is 13.2. The highest BCUT2D eigenvalue weighted by molar-refractivity contribution is 5.82. The van der Waals surface area contributed by atoms with Crippen LogP contribution in [0.25, 0.3) is 0 Å². The second-order valence-corrected chi connectivity index (χ2v) is 11.8. The molecule has 0 unspecified atom stereocenters. The number of hydrogen-bond acceptors (Lipinski definition) is 5. The molecule has 0 spiro atoms. The number of aliphatic hydroxyl groups is 1. The fourth-order valence-electron chi connectivity index (χ4n) is 8.88. The predicted octanol–water partition coefficient (Wildman–Crippen LogP) is 3.88. The Kier molecular flexibility index (Phi) is 5.13. The van der Waals surface area contributed by atoms with Crippen LogP contribution in [0.5, 0.6) is 0 Å². The molecule has 0 saturated heterocycles. The largest absolute Gasteiger partial charge is 0.387 e. The third kappa shape index (κ3) is 3.23. The molecule has 1 aromatic rings. The van der Waals surface area contributed by atoms with Crippen LogP contribution < -0.4 is 0 Å². The van der Waals surface area contributed by atoms with Crippen LogP contribution in [0.3, 0.4) is 0 Å². The lowest BCUT2D eigenvalue weighted by atomic mass is 9.43. The molecule has 1 heterocycles. The minimum absolute atomic E-state index is 0.0831. The Bertz CT molecular complexity index is 824. The minimum atomic E-state index is -0.722. The summed E-state index contributed by atoms with van der Waals surface area (Å²) in [5.41, 5.74) is -0.385. The molecule has 1 N–H and O–H groups in total. The molecule has 4 aliphatic carbocycles. The molecule has 6 nitrogen and oxygen atoms in total. The third-order valence-corrected chi connectivity index (χ3v) is 10.5. The molecule has 0 aromatic carbocycles. The number of carbonyl (C=O) groups excluding carboxylic acids is 1. The summed E-state index contributed by atoms with van der Waals surface area (Å²) in [6, 6.07) is 0. The van der Waals surface area contributed by atoms with E-state index in [0.29, 0.717) is 36.0 Å². The van der Waals surface area contributed by atoms with Crippen LogP contribution in [-0.4, -0.2) is 44.7 Å². The highest BCUT2D eigenvalue weighted by Crippen LogP contribution is 2.68.